The second kappa shape index (κ2) is 7.88. The molecule has 26 heavy (non-hydrogen) atoms. The van der Waals surface area contributed by atoms with Gasteiger partial charge in [0, 0.05) is 49.1 Å². The zero-order valence-corrected chi connectivity index (χ0v) is 16.5. The number of halogens is 1. The molecule has 0 N–H and O–H groups in total. The minimum atomic E-state index is 0.285. The average Bonchev–Trinajstić information content (AvgIpc) is 3.09. The first-order valence-electron chi connectivity index (χ1n) is 9.36. The van der Waals surface area contributed by atoms with E-state index in [-0.39, 0.29) is 5.91 Å². The summed E-state index contributed by atoms with van der Waals surface area (Å²) in [6, 6.07) is 6.11. The third kappa shape index (κ3) is 3.83. The summed E-state index contributed by atoms with van der Waals surface area (Å²) in [6.07, 6.45) is 4.98. The number of anilines is 1. The van der Waals surface area contributed by atoms with Crippen LogP contribution in [-0.4, -0.2) is 71.5 Å². The summed E-state index contributed by atoms with van der Waals surface area (Å²) in [5, 5.41) is 1.07. The van der Waals surface area contributed by atoms with E-state index in [2.05, 4.69) is 41.8 Å². The van der Waals surface area contributed by atoms with Gasteiger partial charge in [0.1, 0.15) is 12.1 Å². The maximum atomic E-state index is 12.4. The molecule has 6 nitrogen and oxygen atoms in total. The molecule has 7 heteroatoms. The number of amides is 1. The molecule has 4 rings (SSSR count). The van der Waals surface area contributed by atoms with Crippen molar-refractivity contribution < 1.29 is 4.79 Å². The van der Waals surface area contributed by atoms with Gasteiger partial charge in [0.2, 0.25) is 5.91 Å². The molecule has 2 fully saturated rings. The highest BCUT2D eigenvalue weighted by Gasteiger charge is 2.23. The molecule has 1 aromatic carbocycles. The molecule has 0 spiro atoms. The van der Waals surface area contributed by atoms with E-state index in [4.69, 9.17) is 0 Å². The van der Waals surface area contributed by atoms with Gasteiger partial charge < -0.3 is 9.80 Å². The number of carbonyl (C=O) groups is 1. The van der Waals surface area contributed by atoms with Gasteiger partial charge in [-0.25, -0.2) is 9.97 Å². The fourth-order valence-electron chi connectivity index (χ4n) is 3.87. The van der Waals surface area contributed by atoms with Crippen LogP contribution >= 0.6 is 15.9 Å². The quantitative estimate of drug-likeness (QED) is 0.767. The van der Waals surface area contributed by atoms with Crippen LogP contribution in [0.5, 0.6) is 0 Å². The highest BCUT2D eigenvalue weighted by Crippen LogP contribution is 2.26. The fourth-order valence-corrected chi connectivity index (χ4v) is 4.23. The maximum absolute atomic E-state index is 12.4. The van der Waals surface area contributed by atoms with Crippen LogP contribution in [0, 0.1) is 0 Å². The highest BCUT2D eigenvalue weighted by atomic mass is 79.9. The summed E-state index contributed by atoms with van der Waals surface area (Å²) < 4.78 is 1.04. The Morgan fingerprint density at radius 2 is 1.85 bits per heavy atom. The Morgan fingerprint density at radius 3 is 2.69 bits per heavy atom. The largest absolute Gasteiger partial charge is 0.355 e. The molecule has 2 saturated heterocycles. The van der Waals surface area contributed by atoms with Gasteiger partial charge in [-0.15, -0.1) is 0 Å². The minimum Gasteiger partial charge on any atom is -0.355 e. The lowest BCUT2D eigenvalue weighted by atomic mass is 10.2. The molecule has 2 aliphatic rings. The number of fused-ring (bicyclic) bond motifs is 1. The summed E-state index contributed by atoms with van der Waals surface area (Å²) in [6.45, 7) is 6.09. The van der Waals surface area contributed by atoms with Gasteiger partial charge in [-0.3, -0.25) is 9.69 Å². The fraction of sp³-hybridized carbons (Fsp3) is 0.526. The van der Waals surface area contributed by atoms with Crippen LogP contribution in [0.3, 0.4) is 0 Å². The van der Waals surface area contributed by atoms with E-state index >= 15 is 0 Å². The highest BCUT2D eigenvalue weighted by molar-refractivity contribution is 9.10. The van der Waals surface area contributed by atoms with Gasteiger partial charge in [-0.05, 0) is 37.5 Å². The summed E-state index contributed by atoms with van der Waals surface area (Å²) in [4.78, 5) is 28.0. The summed E-state index contributed by atoms with van der Waals surface area (Å²) in [5.74, 6) is 1.27. The van der Waals surface area contributed by atoms with Crippen LogP contribution in [0.15, 0.2) is 29.0 Å². The molecule has 0 saturated carbocycles. The maximum Gasteiger partial charge on any atom is 0.236 e. The first kappa shape index (κ1) is 17.7. The van der Waals surface area contributed by atoms with E-state index in [9.17, 15) is 4.79 Å². The van der Waals surface area contributed by atoms with Gasteiger partial charge >= 0.3 is 0 Å². The Balaban J connectivity index is 1.45. The number of nitrogens with zero attached hydrogens (tertiary/aromatic N) is 5. The number of hydrogen-bond acceptors (Lipinski definition) is 5. The lowest BCUT2D eigenvalue weighted by molar-refractivity contribution is -0.131. The zero-order chi connectivity index (χ0) is 17.9. The van der Waals surface area contributed by atoms with Crippen LogP contribution < -0.4 is 4.90 Å². The SMILES string of the molecule is O=C(CN1CCCN(c2ncnc3ccc(Br)cc23)CC1)N1CCCC1. The molecule has 0 bridgehead atoms. The molecule has 2 aliphatic heterocycles. The molecule has 0 atom stereocenters. The van der Waals surface area contributed by atoms with Crippen molar-refractivity contribution in [3.63, 3.8) is 0 Å². The lowest BCUT2D eigenvalue weighted by Crippen LogP contribution is -2.40. The van der Waals surface area contributed by atoms with Crippen LogP contribution in [0.4, 0.5) is 5.82 Å². The third-order valence-electron chi connectivity index (χ3n) is 5.28. The van der Waals surface area contributed by atoms with Gasteiger partial charge in [0.05, 0.1) is 12.1 Å². The molecular weight excluding hydrogens is 394 g/mol. The second-order valence-corrected chi connectivity index (χ2v) is 7.98. The van der Waals surface area contributed by atoms with Crippen molar-refractivity contribution in [3.05, 3.63) is 29.0 Å². The lowest BCUT2D eigenvalue weighted by Gasteiger charge is -2.24. The summed E-state index contributed by atoms with van der Waals surface area (Å²) in [7, 11) is 0. The predicted molar refractivity (Wildman–Crippen MR) is 106 cm³/mol. The van der Waals surface area contributed by atoms with E-state index in [1.165, 1.54) is 0 Å². The molecule has 1 amide bonds. The van der Waals surface area contributed by atoms with Crippen molar-refractivity contribution in [2.24, 2.45) is 0 Å². The van der Waals surface area contributed by atoms with Crippen molar-refractivity contribution in [2.75, 3.05) is 50.7 Å². The van der Waals surface area contributed by atoms with Crippen LogP contribution in [0.25, 0.3) is 10.9 Å². The summed E-state index contributed by atoms with van der Waals surface area (Å²) >= 11 is 3.55. The smallest absolute Gasteiger partial charge is 0.236 e. The van der Waals surface area contributed by atoms with Crippen LogP contribution in [0.2, 0.25) is 0 Å². The van der Waals surface area contributed by atoms with Crippen LogP contribution in [-0.2, 0) is 4.79 Å². The summed E-state index contributed by atoms with van der Waals surface area (Å²) in [5.41, 5.74) is 0.962. The third-order valence-corrected chi connectivity index (χ3v) is 5.78. The van der Waals surface area contributed by atoms with E-state index in [0.29, 0.717) is 6.54 Å². The van der Waals surface area contributed by atoms with Gasteiger partial charge in [-0.1, -0.05) is 15.9 Å². The van der Waals surface area contributed by atoms with Crippen molar-refractivity contribution >= 4 is 38.6 Å². The number of likely N-dealkylation sites (tertiary alicyclic amines) is 1. The number of benzene rings is 1. The minimum absolute atomic E-state index is 0.285. The Kier molecular flexibility index (Phi) is 5.36. The Hall–Kier alpha value is -1.73. The molecule has 0 unspecified atom stereocenters. The predicted octanol–water partition coefficient (Wildman–Crippen LogP) is 2.53. The number of carbonyl (C=O) groups excluding carboxylic acids is 1. The number of rotatable bonds is 3. The van der Waals surface area contributed by atoms with E-state index in [1.54, 1.807) is 6.33 Å². The van der Waals surface area contributed by atoms with Gasteiger partial charge in [0.25, 0.3) is 0 Å². The van der Waals surface area contributed by atoms with E-state index in [0.717, 1.165) is 79.7 Å². The van der Waals surface area contributed by atoms with Gasteiger partial charge in [0.15, 0.2) is 0 Å². The van der Waals surface area contributed by atoms with Crippen molar-refractivity contribution in [1.29, 1.82) is 0 Å². The molecule has 3 heterocycles. The van der Waals surface area contributed by atoms with Crippen molar-refractivity contribution in [2.45, 2.75) is 19.3 Å². The molecule has 2 aromatic rings. The topological polar surface area (TPSA) is 52.6 Å². The molecule has 138 valence electrons. The second-order valence-electron chi connectivity index (χ2n) is 7.06. The Bertz CT molecular complexity index is 793. The average molecular weight is 418 g/mol. The Labute approximate surface area is 162 Å². The Morgan fingerprint density at radius 1 is 1.00 bits per heavy atom. The standard InChI is InChI=1S/C19H24BrN5O/c20-15-4-5-17-16(12-15)19(22-14-21-17)25-9-3-6-23(10-11-25)13-18(26)24-7-1-2-8-24/h4-5,12,14H,1-3,6-11,13H2. The number of aromatic nitrogens is 2. The van der Waals surface area contributed by atoms with Gasteiger partial charge in [-0.2, -0.15) is 0 Å². The molecule has 0 radical (unpaired) electrons. The van der Waals surface area contributed by atoms with Crippen molar-refractivity contribution in [3.8, 4) is 0 Å². The monoisotopic (exact) mass is 417 g/mol. The first-order chi connectivity index (χ1) is 12.7. The zero-order valence-electron chi connectivity index (χ0n) is 14.9. The molecule has 1 aromatic heterocycles. The molecular formula is C19H24BrN5O. The molecule has 0 aliphatic carbocycles. The number of hydrogen-bond donors (Lipinski definition) is 0. The van der Waals surface area contributed by atoms with Crippen LogP contribution in [0.1, 0.15) is 19.3 Å². The van der Waals surface area contributed by atoms with E-state index < -0.39 is 0 Å². The van der Waals surface area contributed by atoms with Crippen molar-refractivity contribution in [1.82, 2.24) is 19.8 Å². The van der Waals surface area contributed by atoms with E-state index in [1.807, 2.05) is 17.0 Å². The first-order valence-corrected chi connectivity index (χ1v) is 10.2. The normalized spacial score (nSPS) is 19.1.